The molecule has 1 aliphatic heterocycles. The van der Waals surface area contributed by atoms with Crippen LogP contribution in [0.5, 0.6) is 0 Å². The van der Waals surface area contributed by atoms with Gasteiger partial charge in [0.15, 0.2) is 28.8 Å². The molecule has 0 saturated heterocycles. The summed E-state index contributed by atoms with van der Waals surface area (Å²) in [4.78, 5) is 10.9. The third-order valence-corrected chi connectivity index (χ3v) is 2.93. The zero-order chi connectivity index (χ0) is 15.2. The minimum absolute atomic E-state index is 0.527. The summed E-state index contributed by atoms with van der Waals surface area (Å²) in [7, 11) is 0. The van der Waals surface area contributed by atoms with Crippen LogP contribution in [0.4, 0.5) is 22.0 Å². The second kappa shape index (κ2) is 4.43. The maximum absolute atomic E-state index is 13.5. The van der Waals surface area contributed by atoms with E-state index in [4.69, 9.17) is 5.11 Å². The number of carbonyl (C=O) groups is 1. The molecule has 0 spiro atoms. The van der Waals surface area contributed by atoms with E-state index < -0.39 is 58.3 Å². The van der Waals surface area contributed by atoms with E-state index in [1.54, 1.807) is 0 Å². The molecule has 0 radical (unpaired) electrons. The summed E-state index contributed by atoms with van der Waals surface area (Å²) in [5, 5.41) is 12.3. The molecule has 2 N–H and O–H groups in total. The smallest absolute Gasteiger partial charge is 0.331 e. The lowest BCUT2D eigenvalue weighted by atomic mass is 9.93. The number of hydrazone groups is 1. The first-order valence-electron chi connectivity index (χ1n) is 5.28. The highest BCUT2D eigenvalue weighted by Crippen LogP contribution is 2.28. The van der Waals surface area contributed by atoms with E-state index in [1.165, 1.54) is 0 Å². The van der Waals surface area contributed by atoms with Crippen molar-refractivity contribution in [3.8, 4) is 0 Å². The Balaban J connectivity index is 2.54. The number of nitrogens with one attached hydrogen (secondary N) is 1. The predicted octanol–water partition coefficient (Wildman–Crippen LogP) is 1.92. The van der Waals surface area contributed by atoms with E-state index in [1.807, 2.05) is 0 Å². The molecule has 9 heteroatoms. The number of aliphatic carboxylic acids is 1. The van der Waals surface area contributed by atoms with Crippen LogP contribution in [0.3, 0.4) is 0 Å². The molecule has 2 rings (SSSR count). The van der Waals surface area contributed by atoms with Crippen LogP contribution >= 0.6 is 0 Å². The Morgan fingerprint density at radius 1 is 1.10 bits per heavy atom. The van der Waals surface area contributed by atoms with E-state index in [2.05, 4.69) is 10.5 Å². The van der Waals surface area contributed by atoms with Crippen molar-refractivity contribution in [2.45, 2.75) is 18.9 Å². The van der Waals surface area contributed by atoms with Crippen molar-refractivity contribution in [2.24, 2.45) is 5.10 Å². The number of carboxylic acids is 1. The molecule has 1 aliphatic rings. The normalized spacial score (nSPS) is 21.6. The molecular weight excluding hydrogens is 287 g/mol. The van der Waals surface area contributed by atoms with Crippen LogP contribution in [0.15, 0.2) is 5.10 Å². The second-order valence-electron chi connectivity index (χ2n) is 4.43. The van der Waals surface area contributed by atoms with Crippen molar-refractivity contribution in [1.82, 2.24) is 5.43 Å². The van der Waals surface area contributed by atoms with Crippen molar-refractivity contribution in [1.29, 1.82) is 0 Å². The van der Waals surface area contributed by atoms with Crippen LogP contribution < -0.4 is 5.43 Å². The Hall–Kier alpha value is -2.19. The summed E-state index contributed by atoms with van der Waals surface area (Å²) in [6.07, 6.45) is -0.527. The highest BCUT2D eigenvalue weighted by Gasteiger charge is 2.41. The monoisotopic (exact) mass is 294 g/mol. The van der Waals surface area contributed by atoms with Crippen LogP contribution in [0, 0.1) is 29.1 Å². The Morgan fingerprint density at radius 3 is 1.95 bits per heavy atom. The Bertz CT molecular complexity index is 617. The van der Waals surface area contributed by atoms with Crippen molar-refractivity contribution in [3.63, 3.8) is 0 Å². The van der Waals surface area contributed by atoms with E-state index in [0.29, 0.717) is 0 Å². The number of nitrogens with zero attached hydrogens (tertiary/aromatic N) is 1. The van der Waals surface area contributed by atoms with Crippen LogP contribution in [-0.4, -0.2) is 22.3 Å². The molecule has 4 nitrogen and oxygen atoms in total. The van der Waals surface area contributed by atoms with Crippen LogP contribution in [0.1, 0.15) is 18.9 Å². The molecule has 0 fully saturated rings. The molecule has 0 saturated carbocycles. The quantitative estimate of drug-likeness (QED) is 0.498. The second-order valence-corrected chi connectivity index (χ2v) is 4.43. The van der Waals surface area contributed by atoms with Gasteiger partial charge >= 0.3 is 5.97 Å². The van der Waals surface area contributed by atoms with E-state index >= 15 is 0 Å². The van der Waals surface area contributed by atoms with Gasteiger partial charge in [0.2, 0.25) is 5.82 Å². The summed E-state index contributed by atoms with van der Waals surface area (Å²) in [5.41, 5.74) is -1.34. The first kappa shape index (κ1) is 14.2. The average molecular weight is 294 g/mol. The van der Waals surface area contributed by atoms with Crippen LogP contribution in [0.2, 0.25) is 0 Å². The highest BCUT2D eigenvalue weighted by atomic mass is 19.2. The zero-order valence-electron chi connectivity index (χ0n) is 9.90. The van der Waals surface area contributed by atoms with Gasteiger partial charge in [0, 0.05) is 6.42 Å². The Kier molecular flexibility index (Phi) is 3.15. The predicted molar refractivity (Wildman–Crippen MR) is 56.6 cm³/mol. The van der Waals surface area contributed by atoms with Crippen molar-refractivity contribution >= 4 is 11.7 Å². The number of carboxylic acid groups (broad SMARTS) is 1. The molecule has 0 aliphatic carbocycles. The SMILES string of the molecule is CC1(C(=O)O)CC(c2c(F)c(F)c(F)c(F)c2F)=NN1. The third kappa shape index (κ3) is 1.89. The summed E-state index contributed by atoms with van der Waals surface area (Å²) in [6.45, 7) is 1.16. The van der Waals surface area contributed by atoms with Gasteiger partial charge in [0.05, 0.1) is 11.3 Å². The van der Waals surface area contributed by atoms with Crippen molar-refractivity contribution in [2.75, 3.05) is 0 Å². The lowest BCUT2D eigenvalue weighted by Crippen LogP contribution is -2.44. The van der Waals surface area contributed by atoms with E-state index in [9.17, 15) is 26.7 Å². The van der Waals surface area contributed by atoms with Crippen LogP contribution in [0.25, 0.3) is 0 Å². The fourth-order valence-corrected chi connectivity index (χ4v) is 1.73. The number of halogens is 5. The van der Waals surface area contributed by atoms with E-state index in [-0.39, 0.29) is 0 Å². The minimum atomic E-state index is -2.28. The van der Waals surface area contributed by atoms with Gasteiger partial charge in [-0.05, 0) is 6.92 Å². The van der Waals surface area contributed by atoms with E-state index in [0.717, 1.165) is 6.92 Å². The van der Waals surface area contributed by atoms with Crippen molar-refractivity contribution < 1.29 is 31.9 Å². The molecule has 0 bridgehead atoms. The van der Waals surface area contributed by atoms with Crippen molar-refractivity contribution in [3.05, 3.63) is 34.6 Å². The fraction of sp³-hybridized carbons (Fsp3) is 0.273. The molecule has 1 atom stereocenters. The Labute approximate surface area is 108 Å². The summed E-state index contributed by atoms with van der Waals surface area (Å²) in [6, 6.07) is 0. The lowest BCUT2D eigenvalue weighted by molar-refractivity contribution is -0.143. The third-order valence-electron chi connectivity index (χ3n) is 2.93. The van der Waals surface area contributed by atoms with Gasteiger partial charge in [-0.2, -0.15) is 5.10 Å². The molecule has 20 heavy (non-hydrogen) atoms. The summed E-state index contributed by atoms with van der Waals surface area (Å²) < 4.78 is 66.1. The largest absolute Gasteiger partial charge is 0.479 e. The average Bonchev–Trinajstić information content (AvgIpc) is 2.78. The number of rotatable bonds is 2. The van der Waals surface area contributed by atoms with Gasteiger partial charge in [-0.1, -0.05) is 0 Å². The molecule has 1 aromatic carbocycles. The number of benzene rings is 1. The molecule has 1 unspecified atom stereocenters. The molecule has 1 aromatic rings. The van der Waals surface area contributed by atoms with Crippen LogP contribution in [-0.2, 0) is 4.79 Å². The summed E-state index contributed by atoms with van der Waals surface area (Å²) >= 11 is 0. The minimum Gasteiger partial charge on any atom is -0.479 e. The van der Waals surface area contributed by atoms with Gasteiger partial charge in [-0.25, -0.2) is 26.7 Å². The number of hydrogen-bond acceptors (Lipinski definition) is 3. The number of hydrogen-bond donors (Lipinski definition) is 2. The molecule has 108 valence electrons. The van der Waals surface area contributed by atoms with Gasteiger partial charge in [0.1, 0.15) is 0 Å². The molecule has 0 aromatic heterocycles. The molecule has 1 heterocycles. The Morgan fingerprint density at radius 2 is 1.55 bits per heavy atom. The first-order chi connectivity index (χ1) is 9.19. The highest BCUT2D eigenvalue weighted by molar-refractivity contribution is 6.05. The van der Waals surface area contributed by atoms with Gasteiger partial charge in [-0.3, -0.25) is 5.43 Å². The van der Waals surface area contributed by atoms with Gasteiger partial charge < -0.3 is 5.11 Å². The lowest BCUT2D eigenvalue weighted by Gasteiger charge is -2.17. The topological polar surface area (TPSA) is 61.7 Å². The first-order valence-corrected chi connectivity index (χ1v) is 5.28. The molecule has 0 amide bonds. The fourth-order valence-electron chi connectivity index (χ4n) is 1.73. The maximum atomic E-state index is 13.5. The zero-order valence-corrected chi connectivity index (χ0v) is 9.90. The maximum Gasteiger partial charge on any atom is 0.331 e. The van der Waals surface area contributed by atoms with Gasteiger partial charge in [0.25, 0.3) is 0 Å². The standard InChI is InChI=1S/C11H7F5N2O2/c1-11(10(19)20)2-3(17-18-11)4-5(12)7(14)9(16)8(15)6(4)13/h18H,2H2,1H3,(H,19,20). The summed E-state index contributed by atoms with van der Waals surface area (Å²) in [5.74, 6) is -12.0. The van der Waals surface area contributed by atoms with Gasteiger partial charge in [-0.15, -0.1) is 0 Å². The molecular formula is C11H7F5N2O2.